The van der Waals surface area contributed by atoms with Gasteiger partial charge in [-0.05, 0) is 6.42 Å². The Labute approximate surface area is 62.9 Å². The van der Waals surface area contributed by atoms with Gasteiger partial charge >= 0.3 is 0 Å². The molecule has 0 atom stereocenters. The molecule has 1 heterocycles. The van der Waals surface area contributed by atoms with E-state index in [0.29, 0.717) is 12.8 Å². The minimum absolute atomic E-state index is 0.270. The first-order valence-corrected chi connectivity index (χ1v) is 3.88. The summed E-state index contributed by atoms with van der Waals surface area (Å²) in [6.45, 7) is 0. The third-order valence-electron chi connectivity index (χ3n) is 1.11. The zero-order valence-electron chi connectivity index (χ0n) is 5.41. The third-order valence-corrected chi connectivity index (χ3v) is 1.75. The fourth-order valence-corrected chi connectivity index (χ4v) is 1.21. The van der Waals surface area contributed by atoms with Gasteiger partial charge in [-0.15, -0.1) is 11.3 Å². The number of hydrogen-bond donors (Lipinski definition) is 1. The average molecular weight is 156 g/mol. The van der Waals surface area contributed by atoms with Gasteiger partial charge in [-0.3, -0.25) is 4.79 Å². The lowest BCUT2D eigenvalue weighted by atomic mass is 10.2. The molecule has 0 saturated carbocycles. The fraction of sp³-hybridized carbons (Fsp3) is 0.333. The van der Waals surface area contributed by atoms with Gasteiger partial charge < -0.3 is 5.73 Å². The van der Waals surface area contributed by atoms with Crippen molar-refractivity contribution in [3.8, 4) is 0 Å². The Balaban J connectivity index is 2.35. The lowest BCUT2D eigenvalue weighted by Crippen LogP contribution is -2.11. The highest BCUT2D eigenvalue weighted by Crippen LogP contribution is 2.02. The van der Waals surface area contributed by atoms with Crippen LogP contribution in [0.4, 0.5) is 0 Å². The predicted octanol–water partition coefficient (Wildman–Crippen LogP) is 0.561. The number of hydrogen-bond acceptors (Lipinski definition) is 3. The SMILES string of the molecule is NC(=O)CCc1cscn1. The van der Waals surface area contributed by atoms with E-state index >= 15 is 0 Å². The highest BCUT2D eigenvalue weighted by atomic mass is 32.1. The molecule has 0 unspecified atom stereocenters. The predicted molar refractivity (Wildman–Crippen MR) is 39.6 cm³/mol. The van der Waals surface area contributed by atoms with Crippen molar-refractivity contribution in [1.82, 2.24) is 4.98 Å². The second-order valence-corrected chi connectivity index (χ2v) is 2.66. The van der Waals surface area contributed by atoms with E-state index in [1.54, 1.807) is 5.51 Å². The highest BCUT2D eigenvalue weighted by molar-refractivity contribution is 7.07. The van der Waals surface area contributed by atoms with Crippen molar-refractivity contribution in [1.29, 1.82) is 0 Å². The number of rotatable bonds is 3. The summed E-state index contributed by atoms with van der Waals surface area (Å²) in [7, 11) is 0. The number of amides is 1. The number of aryl methyl sites for hydroxylation is 1. The standard InChI is InChI=1S/C6H8N2OS/c7-6(9)2-1-5-3-10-4-8-5/h3-4H,1-2H2,(H2,7,9). The Kier molecular flexibility index (Phi) is 2.39. The van der Waals surface area contributed by atoms with Gasteiger partial charge in [0, 0.05) is 11.8 Å². The maximum absolute atomic E-state index is 10.3. The first kappa shape index (κ1) is 7.21. The molecule has 1 aromatic heterocycles. The van der Waals surface area contributed by atoms with Gasteiger partial charge in [-0.2, -0.15) is 0 Å². The summed E-state index contributed by atoms with van der Waals surface area (Å²) in [5.41, 5.74) is 7.64. The number of thiazole rings is 1. The van der Waals surface area contributed by atoms with Crippen LogP contribution in [0.15, 0.2) is 10.9 Å². The van der Waals surface area contributed by atoms with Crippen LogP contribution in [-0.4, -0.2) is 10.9 Å². The number of nitrogens with zero attached hydrogens (tertiary/aromatic N) is 1. The lowest BCUT2D eigenvalue weighted by molar-refractivity contribution is -0.118. The third kappa shape index (κ3) is 2.14. The lowest BCUT2D eigenvalue weighted by Gasteiger charge is -1.89. The van der Waals surface area contributed by atoms with Crippen molar-refractivity contribution >= 4 is 17.2 Å². The highest BCUT2D eigenvalue weighted by Gasteiger charge is 1.97. The van der Waals surface area contributed by atoms with E-state index in [9.17, 15) is 4.79 Å². The summed E-state index contributed by atoms with van der Waals surface area (Å²) in [5, 5.41) is 1.92. The molecule has 0 aliphatic heterocycles. The van der Waals surface area contributed by atoms with Crippen LogP contribution in [0.2, 0.25) is 0 Å². The quantitative estimate of drug-likeness (QED) is 0.695. The van der Waals surface area contributed by atoms with Gasteiger partial charge in [0.05, 0.1) is 11.2 Å². The van der Waals surface area contributed by atoms with Crippen LogP contribution in [0.3, 0.4) is 0 Å². The average Bonchev–Trinajstić information content (AvgIpc) is 2.34. The van der Waals surface area contributed by atoms with Gasteiger partial charge in [0.15, 0.2) is 0 Å². The Morgan fingerprint density at radius 1 is 1.80 bits per heavy atom. The zero-order valence-corrected chi connectivity index (χ0v) is 6.23. The molecule has 0 fully saturated rings. The smallest absolute Gasteiger partial charge is 0.217 e. The van der Waals surface area contributed by atoms with Crippen LogP contribution >= 0.6 is 11.3 Å². The van der Waals surface area contributed by atoms with E-state index in [1.807, 2.05) is 5.38 Å². The second kappa shape index (κ2) is 3.31. The largest absolute Gasteiger partial charge is 0.370 e. The maximum Gasteiger partial charge on any atom is 0.217 e. The fourth-order valence-electron chi connectivity index (χ4n) is 0.612. The van der Waals surface area contributed by atoms with Gasteiger partial charge in [0.1, 0.15) is 0 Å². The van der Waals surface area contributed by atoms with Gasteiger partial charge in [0.25, 0.3) is 0 Å². The molecule has 1 aromatic rings. The summed E-state index contributed by atoms with van der Waals surface area (Å²) < 4.78 is 0. The van der Waals surface area contributed by atoms with Crippen LogP contribution < -0.4 is 5.73 Å². The maximum atomic E-state index is 10.3. The Morgan fingerprint density at radius 3 is 3.10 bits per heavy atom. The summed E-state index contributed by atoms with van der Waals surface area (Å²) in [6.07, 6.45) is 1.06. The molecule has 0 saturated heterocycles. The van der Waals surface area contributed by atoms with Crippen LogP contribution in [0.5, 0.6) is 0 Å². The Morgan fingerprint density at radius 2 is 2.60 bits per heavy atom. The first-order chi connectivity index (χ1) is 4.79. The zero-order chi connectivity index (χ0) is 7.40. The van der Waals surface area contributed by atoms with Crippen molar-refractivity contribution in [2.75, 3.05) is 0 Å². The second-order valence-electron chi connectivity index (χ2n) is 1.95. The van der Waals surface area contributed by atoms with Crippen LogP contribution in [0, 0.1) is 0 Å². The molecule has 0 aromatic carbocycles. The summed E-state index contributed by atoms with van der Waals surface area (Å²) in [4.78, 5) is 14.3. The van der Waals surface area contributed by atoms with Crippen molar-refractivity contribution in [3.05, 3.63) is 16.6 Å². The molecule has 10 heavy (non-hydrogen) atoms. The molecule has 4 heteroatoms. The molecular weight excluding hydrogens is 148 g/mol. The monoisotopic (exact) mass is 156 g/mol. The van der Waals surface area contributed by atoms with Crippen LogP contribution in [0.1, 0.15) is 12.1 Å². The van der Waals surface area contributed by atoms with Crippen LogP contribution in [-0.2, 0) is 11.2 Å². The molecule has 0 aliphatic carbocycles. The molecule has 0 aliphatic rings. The topological polar surface area (TPSA) is 56.0 Å². The number of carbonyl (C=O) groups is 1. The first-order valence-electron chi connectivity index (χ1n) is 2.94. The van der Waals surface area contributed by atoms with Crippen molar-refractivity contribution in [2.24, 2.45) is 5.73 Å². The molecule has 2 N–H and O–H groups in total. The van der Waals surface area contributed by atoms with Crippen molar-refractivity contribution in [2.45, 2.75) is 12.8 Å². The molecule has 0 radical (unpaired) electrons. The molecule has 0 bridgehead atoms. The van der Waals surface area contributed by atoms with Crippen LogP contribution in [0.25, 0.3) is 0 Å². The van der Waals surface area contributed by atoms with Crippen molar-refractivity contribution in [3.63, 3.8) is 0 Å². The molecule has 1 amide bonds. The molecule has 0 spiro atoms. The van der Waals surface area contributed by atoms with E-state index < -0.39 is 0 Å². The van der Waals surface area contributed by atoms with E-state index in [2.05, 4.69) is 4.98 Å². The molecule has 1 rings (SSSR count). The van der Waals surface area contributed by atoms with Gasteiger partial charge in [-0.25, -0.2) is 4.98 Å². The van der Waals surface area contributed by atoms with E-state index in [1.165, 1.54) is 11.3 Å². The normalized spacial score (nSPS) is 9.60. The summed E-state index contributed by atoms with van der Waals surface area (Å²) in [5.74, 6) is -0.270. The van der Waals surface area contributed by atoms with E-state index in [-0.39, 0.29) is 5.91 Å². The van der Waals surface area contributed by atoms with Crippen molar-refractivity contribution < 1.29 is 4.79 Å². The van der Waals surface area contributed by atoms with E-state index in [4.69, 9.17) is 5.73 Å². The molecular formula is C6H8N2OS. The number of aromatic nitrogens is 1. The molecule has 54 valence electrons. The Bertz CT molecular complexity index is 208. The number of nitrogens with two attached hydrogens (primary N) is 1. The minimum atomic E-state index is -0.270. The van der Waals surface area contributed by atoms with Gasteiger partial charge in [-0.1, -0.05) is 0 Å². The Hall–Kier alpha value is -0.900. The summed E-state index contributed by atoms with van der Waals surface area (Å²) in [6, 6.07) is 0. The minimum Gasteiger partial charge on any atom is -0.370 e. The summed E-state index contributed by atoms with van der Waals surface area (Å²) >= 11 is 1.53. The van der Waals surface area contributed by atoms with E-state index in [0.717, 1.165) is 5.69 Å². The number of primary amides is 1. The number of carbonyl (C=O) groups excluding carboxylic acids is 1. The molecule has 3 nitrogen and oxygen atoms in total. The van der Waals surface area contributed by atoms with Gasteiger partial charge in [0.2, 0.25) is 5.91 Å².